The van der Waals surface area contributed by atoms with Crippen LogP contribution in [0.2, 0.25) is 10.0 Å². The molecule has 0 saturated heterocycles. The van der Waals surface area contributed by atoms with Gasteiger partial charge in [0.15, 0.2) is 0 Å². The van der Waals surface area contributed by atoms with Crippen molar-refractivity contribution < 1.29 is 0 Å². The van der Waals surface area contributed by atoms with E-state index in [-0.39, 0.29) is 0 Å². The molecule has 0 heterocycles. The molecule has 0 aliphatic rings. The van der Waals surface area contributed by atoms with E-state index in [1.165, 1.54) is 0 Å². The number of anilines is 1. The first-order valence-electron chi connectivity index (χ1n) is 2.40. The van der Waals surface area contributed by atoms with Gasteiger partial charge in [0.2, 0.25) is 0 Å². The molecule has 1 aromatic rings. The van der Waals surface area contributed by atoms with E-state index in [0.717, 1.165) is 0 Å². The van der Waals surface area contributed by atoms with Gasteiger partial charge in [0.25, 0.3) is 0 Å². The van der Waals surface area contributed by atoms with Crippen LogP contribution < -0.4 is 5.73 Å². The maximum absolute atomic E-state index is 5.60. The lowest BCUT2D eigenvalue weighted by Crippen LogP contribution is -1.83. The highest BCUT2D eigenvalue weighted by atomic mass is 35.5. The fourth-order valence-electron chi connectivity index (χ4n) is 0.502. The van der Waals surface area contributed by atoms with Crippen LogP contribution in [0.15, 0.2) is 18.2 Å². The van der Waals surface area contributed by atoms with Gasteiger partial charge < -0.3 is 5.73 Å². The van der Waals surface area contributed by atoms with E-state index in [1.54, 1.807) is 18.2 Å². The van der Waals surface area contributed by atoms with Crippen LogP contribution in [0.3, 0.4) is 0 Å². The van der Waals surface area contributed by atoms with Crippen LogP contribution >= 0.6 is 23.2 Å². The molecule has 0 radical (unpaired) electrons. The lowest BCUT2D eigenvalue weighted by Gasteiger charge is -1.94. The van der Waals surface area contributed by atoms with Crippen molar-refractivity contribution in [2.45, 2.75) is 0 Å². The first-order valence-corrected chi connectivity index (χ1v) is 3.16. The Bertz CT molecular complexity index is 222. The summed E-state index contributed by atoms with van der Waals surface area (Å²) in [4.78, 5) is 0. The summed E-state index contributed by atoms with van der Waals surface area (Å²) in [5.41, 5.74) is 5.95. The Hall–Kier alpha value is -0.400. The summed E-state index contributed by atoms with van der Waals surface area (Å²) in [5, 5.41) is 1.11. The van der Waals surface area contributed by atoms with E-state index in [0.29, 0.717) is 15.7 Å². The number of nitrogen functional groups attached to an aromatic ring is 1. The lowest BCUT2D eigenvalue weighted by atomic mass is 12.2. The highest BCUT2D eigenvalue weighted by Crippen LogP contribution is 2.21. The summed E-state index contributed by atoms with van der Waals surface area (Å²) in [7, 11) is 0. The summed E-state index contributed by atoms with van der Waals surface area (Å²) in [6.07, 6.45) is 0. The van der Waals surface area contributed by atoms with Crippen LogP contribution in [0, 0.1) is 0 Å². The van der Waals surface area contributed by atoms with Gasteiger partial charge in [-0.3, -0.25) is 0 Å². The molecule has 1 nitrogen and oxygen atoms in total. The van der Waals surface area contributed by atoms with Crippen molar-refractivity contribution in [3.8, 4) is 0 Å². The largest absolute Gasteiger partial charge is 0.398 e. The van der Waals surface area contributed by atoms with Gasteiger partial charge in [-0.25, -0.2) is 0 Å². The molecule has 1 aromatic carbocycles. The quantitative estimate of drug-likeness (QED) is 0.601. The SMILES string of the molecule is N[14c]1[14cH][14cH][14c](Cl)[14cH][14c]1Cl. The minimum atomic E-state index is 0.502. The van der Waals surface area contributed by atoms with Crippen molar-refractivity contribution in [1.82, 2.24) is 0 Å². The van der Waals surface area contributed by atoms with Crippen LogP contribution in [-0.2, 0) is 0 Å². The predicted octanol–water partition coefficient (Wildman–Crippen LogP) is 2.58. The molecule has 0 fully saturated rings. The van der Waals surface area contributed by atoms with Gasteiger partial charge in [0, 0.05) is 5.02 Å². The van der Waals surface area contributed by atoms with Crippen molar-refractivity contribution >= 4 is 28.9 Å². The molecule has 0 aliphatic heterocycles. The first kappa shape index (κ1) is 6.72. The van der Waals surface area contributed by atoms with Crippen LogP contribution in [0.5, 0.6) is 0 Å². The monoisotopic (exact) mass is 173 g/mol. The Morgan fingerprint density at radius 1 is 1.22 bits per heavy atom. The van der Waals surface area contributed by atoms with Crippen LogP contribution in [0.1, 0.15) is 0 Å². The van der Waals surface area contributed by atoms with Gasteiger partial charge in [-0.15, -0.1) is 0 Å². The Kier molecular flexibility index (Phi) is 1.84. The average molecular weight is 174 g/mol. The maximum Gasteiger partial charge on any atom is 0.0650 e. The number of nitrogens with two attached hydrogens (primary N) is 1. The number of halogens is 2. The minimum absolute atomic E-state index is 0.502. The molecule has 0 unspecified atom stereocenters. The molecular formula is C6H5Cl2N. The Morgan fingerprint density at radius 2 is 1.89 bits per heavy atom. The topological polar surface area (TPSA) is 26.0 Å². The molecule has 48 valence electrons. The van der Waals surface area contributed by atoms with Gasteiger partial charge in [-0.2, -0.15) is 0 Å². The Balaban J connectivity index is 3.17. The number of benzene rings is 1. The third-order valence-electron chi connectivity index (χ3n) is 0.962. The van der Waals surface area contributed by atoms with Gasteiger partial charge in [0.05, 0.1) is 10.7 Å². The van der Waals surface area contributed by atoms with Crippen molar-refractivity contribution in [3.63, 3.8) is 0 Å². The van der Waals surface area contributed by atoms with E-state index < -0.39 is 0 Å². The molecule has 0 saturated carbocycles. The standard InChI is InChI=1S/C6H5Cl2N/c7-4-1-2-6(9)5(8)3-4/h1-3H,9H2/i1+2,2+2,3+2,4+2,5+2,6+2. The van der Waals surface area contributed by atoms with E-state index in [9.17, 15) is 0 Å². The predicted molar refractivity (Wildman–Crippen MR) is 40.9 cm³/mol. The van der Waals surface area contributed by atoms with Crippen molar-refractivity contribution in [1.29, 1.82) is 0 Å². The molecule has 0 atom stereocenters. The molecule has 0 aliphatic carbocycles. The fourth-order valence-corrected chi connectivity index (χ4v) is 0.910. The van der Waals surface area contributed by atoms with Crippen molar-refractivity contribution in [2.75, 3.05) is 5.73 Å². The second kappa shape index (κ2) is 2.46. The van der Waals surface area contributed by atoms with Crippen LogP contribution in [0.25, 0.3) is 0 Å². The zero-order valence-electron chi connectivity index (χ0n) is 4.57. The number of hydrogen-bond donors (Lipinski definition) is 1. The average Bonchev–Trinajstić information content (AvgIpc) is 1.80. The van der Waals surface area contributed by atoms with E-state index >= 15 is 0 Å². The Morgan fingerprint density at radius 3 is 2.33 bits per heavy atom. The lowest BCUT2D eigenvalue weighted by molar-refractivity contribution is 1.68. The van der Waals surface area contributed by atoms with Gasteiger partial charge in [-0.05, 0) is 18.2 Å². The molecule has 2 N–H and O–H groups in total. The van der Waals surface area contributed by atoms with Crippen molar-refractivity contribution in [2.24, 2.45) is 0 Å². The summed E-state index contributed by atoms with van der Waals surface area (Å²) in [6, 6.07) is 4.98. The second-order valence-electron chi connectivity index (χ2n) is 1.67. The molecular weight excluding hydrogens is 169 g/mol. The van der Waals surface area contributed by atoms with E-state index in [2.05, 4.69) is 0 Å². The summed E-state index contributed by atoms with van der Waals surface area (Å²) in [6.45, 7) is 0. The smallest absolute Gasteiger partial charge is 0.0650 e. The third kappa shape index (κ3) is 1.50. The summed E-state index contributed by atoms with van der Waals surface area (Å²) >= 11 is 11.2. The second-order valence-corrected chi connectivity index (χ2v) is 2.51. The Labute approximate surface area is 63.4 Å². The third-order valence-corrected chi connectivity index (χ3v) is 1.52. The molecule has 0 spiro atoms. The zero-order valence-corrected chi connectivity index (χ0v) is 6.08. The van der Waals surface area contributed by atoms with E-state index in [1.807, 2.05) is 0 Å². The zero-order chi connectivity index (χ0) is 6.85. The molecule has 0 bridgehead atoms. The first-order chi connectivity index (χ1) is 4.20. The maximum atomic E-state index is 5.60. The highest BCUT2D eigenvalue weighted by molar-refractivity contribution is 6.36. The van der Waals surface area contributed by atoms with Gasteiger partial charge in [-0.1, -0.05) is 23.2 Å². The van der Waals surface area contributed by atoms with Gasteiger partial charge >= 0.3 is 0 Å². The normalized spacial score (nSPS) is 9.56. The molecule has 0 amide bonds. The minimum Gasteiger partial charge on any atom is -0.398 e. The summed E-state index contributed by atoms with van der Waals surface area (Å²) < 4.78 is 0. The fraction of sp³-hybridized carbons (Fsp3) is 0. The van der Waals surface area contributed by atoms with E-state index in [4.69, 9.17) is 28.9 Å². The molecule has 1 rings (SSSR count). The molecule has 0 aromatic heterocycles. The van der Waals surface area contributed by atoms with Crippen LogP contribution in [0.4, 0.5) is 5.69 Å². The number of hydrogen-bond acceptors (Lipinski definition) is 1. The van der Waals surface area contributed by atoms with Crippen LogP contribution in [-0.4, -0.2) is 0 Å². The van der Waals surface area contributed by atoms with Crippen molar-refractivity contribution in [3.05, 3.63) is 28.2 Å². The number of rotatable bonds is 0. The highest BCUT2D eigenvalue weighted by Gasteiger charge is 1.93. The summed E-state index contributed by atoms with van der Waals surface area (Å²) in [5.74, 6) is 0. The molecule has 3 heteroatoms. The van der Waals surface area contributed by atoms with Gasteiger partial charge in [0.1, 0.15) is 0 Å². The molecule has 9 heavy (non-hydrogen) atoms.